The standard InChI is InChI=1S/C20H23N/c1-13(2)20-18-7-5-4-6-15(18)17(10-11-21)16-9-8-14(3)12-19(16)20/h4-13,17,20H,21H2,1-3H3/b11-10+. The van der Waals surface area contributed by atoms with E-state index in [9.17, 15) is 0 Å². The van der Waals surface area contributed by atoms with Gasteiger partial charge in [-0.1, -0.05) is 68.0 Å². The van der Waals surface area contributed by atoms with Gasteiger partial charge in [0.15, 0.2) is 0 Å². The lowest BCUT2D eigenvalue weighted by Crippen LogP contribution is -2.21. The van der Waals surface area contributed by atoms with Crippen LogP contribution in [0.3, 0.4) is 0 Å². The fourth-order valence-corrected chi connectivity index (χ4v) is 3.70. The molecule has 2 N–H and O–H groups in total. The lowest BCUT2D eigenvalue weighted by Gasteiger charge is -2.35. The highest BCUT2D eigenvalue weighted by molar-refractivity contribution is 5.55. The minimum Gasteiger partial charge on any atom is -0.405 e. The highest BCUT2D eigenvalue weighted by Gasteiger charge is 2.32. The summed E-state index contributed by atoms with van der Waals surface area (Å²) in [5.41, 5.74) is 12.8. The maximum Gasteiger partial charge on any atom is 0.0292 e. The van der Waals surface area contributed by atoms with Crippen LogP contribution in [-0.2, 0) is 0 Å². The van der Waals surface area contributed by atoms with Crippen LogP contribution in [-0.4, -0.2) is 0 Å². The summed E-state index contributed by atoms with van der Waals surface area (Å²) in [6, 6.07) is 15.7. The van der Waals surface area contributed by atoms with Crippen molar-refractivity contribution in [3.05, 3.63) is 82.6 Å². The molecule has 2 unspecified atom stereocenters. The number of hydrogen-bond acceptors (Lipinski definition) is 1. The van der Waals surface area contributed by atoms with Crippen molar-refractivity contribution in [2.75, 3.05) is 0 Å². The zero-order valence-electron chi connectivity index (χ0n) is 13.0. The molecule has 108 valence electrons. The predicted molar refractivity (Wildman–Crippen MR) is 89.5 cm³/mol. The summed E-state index contributed by atoms with van der Waals surface area (Å²) >= 11 is 0. The predicted octanol–water partition coefficient (Wildman–Crippen LogP) is 4.70. The van der Waals surface area contributed by atoms with E-state index in [1.54, 1.807) is 6.20 Å². The first-order chi connectivity index (χ1) is 10.1. The van der Waals surface area contributed by atoms with Crippen molar-refractivity contribution in [1.82, 2.24) is 0 Å². The molecule has 2 atom stereocenters. The Morgan fingerprint density at radius 3 is 2.29 bits per heavy atom. The Labute approximate surface area is 127 Å². The molecule has 0 saturated carbocycles. The molecule has 1 aliphatic carbocycles. The topological polar surface area (TPSA) is 26.0 Å². The highest BCUT2D eigenvalue weighted by atomic mass is 14.5. The molecule has 3 rings (SSSR count). The number of benzene rings is 2. The fourth-order valence-electron chi connectivity index (χ4n) is 3.70. The molecule has 0 heterocycles. The van der Waals surface area contributed by atoms with Crippen LogP contribution in [0.5, 0.6) is 0 Å². The Morgan fingerprint density at radius 2 is 1.62 bits per heavy atom. The summed E-state index contributed by atoms with van der Waals surface area (Å²) in [6.45, 7) is 6.80. The summed E-state index contributed by atoms with van der Waals surface area (Å²) in [7, 11) is 0. The third-order valence-corrected chi connectivity index (χ3v) is 4.55. The van der Waals surface area contributed by atoms with Gasteiger partial charge in [0.05, 0.1) is 0 Å². The molecule has 21 heavy (non-hydrogen) atoms. The minimum absolute atomic E-state index is 0.275. The first kappa shape index (κ1) is 13.9. The van der Waals surface area contributed by atoms with Crippen molar-refractivity contribution in [1.29, 1.82) is 0 Å². The van der Waals surface area contributed by atoms with Gasteiger partial charge in [-0.05, 0) is 41.3 Å². The number of rotatable bonds is 2. The summed E-state index contributed by atoms with van der Waals surface area (Å²) in [4.78, 5) is 0. The van der Waals surface area contributed by atoms with Crippen LogP contribution in [0.25, 0.3) is 0 Å². The monoisotopic (exact) mass is 277 g/mol. The molecule has 0 radical (unpaired) electrons. The highest BCUT2D eigenvalue weighted by Crippen LogP contribution is 2.46. The SMILES string of the molecule is Cc1ccc2c(c1)C(C(C)C)c1ccccc1C2/C=C/N. The van der Waals surface area contributed by atoms with Gasteiger partial charge in [-0.25, -0.2) is 0 Å². The van der Waals surface area contributed by atoms with E-state index >= 15 is 0 Å². The zero-order valence-corrected chi connectivity index (χ0v) is 13.0. The third-order valence-electron chi connectivity index (χ3n) is 4.55. The Hall–Kier alpha value is -2.02. The van der Waals surface area contributed by atoms with Crippen molar-refractivity contribution < 1.29 is 0 Å². The van der Waals surface area contributed by atoms with Crippen molar-refractivity contribution >= 4 is 0 Å². The largest absolute Gasteiger partial charge is 0.405 e. The number of fused-ring (bicyclic) bond motifs is 2. The van der Waals surface area contributed by atoms with E-state index in [2.05, 4.69) is 69.3 Å². The third kappa shape index (κ3) is 2.27. The average Bonchev–Trinajstić information content (AvgIpc) is 2.46. The summed E-state index contributed by atoms with van der Waals surface area (Å²) < 4.78 is 0. The first-order valence-corrected chi connectivity index (χ1v) is 7.71. The average molecular weight is 277 g/mol. The van der Waals surface area contributed by atoms with Gasteiger partial charge >= 0.3 is 0 Å². The number of nitrogens with two attached hydrogens (primary N) is 1. The molecule has 0 bridgehead atoms. The summed E-state index contributed by atoms with van der Waals surface area (Å²) in [5, 5.41) is 0. The lowest BCUT2D eigenvalue weighted by molar-refractivity contribution is 0.544. The molecule has 0 fully saturated rings. The Balaban J connectivity index is 2.29. The molecule has 0 spiro atoms. The van der Waals surface area contributed by atoms with Gasteiger partial charge in [0, 0.05) is 11.8 Å². The second kappa shape index (κ2) is 5.40. The molecule has 0 aromatic heterocycles. The molecular formula is C20H23N. The maximum atomic E-state index is 5.72. The second-order valence-corrected chi connectivity index (χ2v) is 6.35. The van der Waals surface area contributed by atoms with Crippen LogP contribution in [0.15, 0.2) is 54.7 Å². The van der Waals surface area contributed by atoms with Crippen LogP contribution >= 0.6 is 0 Å². The summed E-state index contributed by atoms with van der Waals surface area (Å²) in [6.07, 6.45) is 3.80. The number of allylic oxidation sites excluding steroid dienone is 1. The van der Waals surface area contributed by atoms with Gasteiger partial charge in [0.25, 0.3) is 0 Å². The lowest BCUT2D eigenvalue weighted by atomic mass is 9.68. The van der Waals surface area contributed by atoms with E-state index in [1.807, 2.05) is 0 Å². The van der Waals surface area contributed by atoms with Crippen LogP contribution in [0.4, 0.5) is 0 Å². The van der Waals surface area contributed by atoms with E-state index in [4.69, 9.17) is 5.73 Å². The van der Waals surface area contributed by atoms with Crippen molar-refractivity contribution in [2.45, 2.75) is 32.6 Å². The van der Waals surface area contributed by atoms with Gasteiger partial charge in [0.2, 0.25) is 0 Å². The van der Waals surface area contributed by atoms with Crippen LogP contribution in [0.1, 0.15) is 53.5 Å². The zero-order chi connectivity index (χ0) is 15.0. The van der Waals surface area contributed by atoms with E-state index < -0.39 is 0 Å². The molecular weight excluding hydrogens is 254 g/mol. The van der Waals surface area contributed by atoms with Crippen LogP contribution in [0, 0.1) is 12.8 Å². The normalized spacial score (nSPS) is 20.6. The van der Waals surface area contributed by atoms with Gasteiger partial charge in [0.1, 0.15) is 0 Å². The minimum atomic E-state index is 0.275. The molecule has 0 saturated heterocycles. The smallest absolute Gasteiger partial charge is 0.0292 e. The Bertz CT molecular complexity index is 682. The van der Waals surface area contributed by atoms with Gasteiger partial charge in [-0.3, -0.25) is 0 Å². The van der Waals surface area contributed by atoms with Crippen LogP contribution in [0.2, 0.25) is 0 Å². The summed E-state index contributed by atoms with van der Waals surface area (Å²) in [5.74, 6) is 1.32. The molecule has 2 aromatic carbocycles. The Morgan fingerprint density at radius 1 is 0.952 bits per heavy atom. The molecule has 0 amide bonds. The molecule has 1 aliphatic rings. The van der Waals surface area contributed by atoms with Gasteiger partial charge < -0.3 is 5.73 Å². The molecule has 1 heteroatoms. The first-order valence-electron chi connectivity index (χ1n) is 7.71. The maximum absolute atomic E-state index is 5.72. The van der Waals surface area contributed by atoms with E-state index in [-0.39, 0.29) is 5.92 Å². The van der Waals surface area contributed by atoms with Crippen molar-refractivity contribution in [3.63, 3.8) is 0 Å². The van der Waals surface area contributed by atoms with Gasteiger partial charge in [-0.15, -0.1) is 0 Å². The number of aryl methyl sites for hydroxylation is 1. The van der Waals surface area contributed by atoms with E-state index in [1.165, 1.54) is 27.8 Å². The van der Waals surface area contributed by atoms with Crippen molar-refractivity contribution in [3.8, 4) is 0 Å². The molecule has 0 aliphatic heterocycles. The fraction of sp³-hybridized carbons (Fsp3) is 0.300. The van der Waals surface area contributed by atoms with Crippen molar-refractivity contribution in [2.24, 2.45) is 11.7 Å². The second-order valence-electron chi connectivity index (χ2n) is 6.35. The van der Waals surface area contributed by atoms with Crippen LogP contribution < -0.4 is 5.73 Å². The Kier molecular flexibility index (Phi) is 3.59. The molecule has 1 nitrogen and oxygen atoms in total. The number of hydrogen-bond donors (Lipinski definition) is 1. The quantitative estimate of drug-likeness (QED) is 0.846. The van der Waals surface area contributed by atoms with Gasteiger partial charge in [-0.2, -0.15) is 0 Å². The molecule has 2 aromatic rings. The van der Waals surface area contributed by atoms with E-state index in [0.29, 0.717) is 11.8 Å². The van der Waals surface area contributed by atoms with E-state index in [0.717, 1.165) is 0 Å².